The highest BCUT2D eigenvalue weighted by Crippen LogP contribution is 2.26. The van der Waals surface area contributed by atoms with E-state index in [0.717, 1.165) is 21.9 Å². The fourth-order valence-electron chi connectivity index (χ4n) is 4.89. The third-order valence-electron chi connectivity index (χ3n) is 7.24. The number of halogens is 1. The lowest BCUT2D eigenvalue weighted by atomic mass is 10.0. The number of hydrogen-bond donors (Lipinski definition) is 1. The summed E-state index contributed by atoms with van der Waals surface area (Å²) in [5.74, 6) is -1.59. The van der Waals surface area contributed by atoms with Crippen LogP contribution in [-0.2, 0) is 39.0 Å². The van der Waals surface area contributed by atoms with Gasteiger partial charge in [0.2, 0.25) is 11.8 Å². The third-order valence-corrected chi connectivity index (χ3v) is 9.03. The van der Waals surface area contributed by atoms with Crippen molar-refractivity contribution in [2.45, 2.75) is 57.1 Å². The maximum absolute atomic E-state index is 15.0. The topological polar surface area (TPSA) is 86.8 Å². The summed E-state index contributed by atoms with van der Waals surface area (Å²) in [6.45, 7) is 4.79. The number of amides is 2. The fraction of sp³-hybridized carbons (Fsp3) is 0.257. The zero-order valence-corrected chi connectivity index (χ0v) is 26.0. The second-order valence-electron chi connectivity index (χ2n) is 10.8. The van der Waals surface area contributed by atoms with Crippen molar-refractivity contribution in [1.29, 1.82) is 0 Å². The van der Waals surface area contributed by atoms with Gasteiger partial charge in [0, 0.05) is 24.6 Å². The lowest BCUT2D eigenvalue weighted by molar-refractivity contribution is -0.140. The monoisotopic (exact) mass is 615 g/mol. The standard InChI is InChI=1S/C35H38FN3O4S/c1-4-27-19-21-30(22-20-27)39(44(42,43)31-16-9-6-10-17-31)25-34(40)38(24-29-15-11-12-18-32(29)36)33(35(41)37-26(2)3)23-28-13-7-5-8-14-28/h5-22,26,33H,4,23-25H2,1-3H3,(H,37,41)/t33-/m0/s1. The second kappa shape index (κ2) is 14.8. The minimum atomic E-state index is -4.20. The molecule has 2 amide bonds. The van der Waals surface area contributed by atoms with Crippen LogP contribution in [0.3, 0.4) is 0 Å². The third kappa shape index (κ3) is 8.11. The van der Waals surface area contributed by atoms with Crippen LogP contribution in [0.1, 0.15) is 37.5 Å². The number of anilines is 1. The number of carbonyl (C=O) groups excluding carboxylic acids is 2. The van der Waals surface area contributed by atoms with Gasteiger partial charge in [-0.05, 0) is 61.7 Å². The smallest absolute Gasteiger partial charge is 0.264 e. The summed E-state index contributed by atoms with van der Waals surface area (Å²) < 4.78 is 44.1. The molecular weight excluding hydrogens is 577 g/mol. The molecule has 9 heteroatoms. The number of nitrogens with one attached hydrogen (secondary N) is 1. The summed E-state index contributed by atoms with van der Waals surface area (Å²) in [5.41, 5.74) is 2.32. The van der Waals surface area contributed by atoms with E-state index in [0.29, 0.717) is 5.69 Å². The Balaban J connectivity index is 1.81. The molecule has 0 spiro atoms. The minimum absolute atomic E-state index is 0.0198. The molecule has 1 N–H and O–H groups in total. The molecule has 44 heavy (non-hydrogen) atoms. The molecule has 230 valence electrons. The Morgan fingerprint density at radius 2 is 1.39 bits per heavy atom. The summed E-state index contributed by atoms with van der Waals surface area (Å²) in [5, 5.41) is 2.89. The molecule has 0 aromatic heterocycles. The van der Waals surface area contributed by atoms with E-state index in [2.05, 4.69) is 5.32 Å². The van der Waals surface area contributed by atoms with Crippen molar-refractivity contribution < 1.29 is 22.4 Å². The summed E-state index contributed by atoms with van der Waals surface area (Å²) in [4.78, 5) is 29.4. The number of nitrogens with zero attached hydrogens (tertiary/aromatic N) is 2. The molecule has 4 aromatic carbocycles. The number of aryl methyl sites for hydroxylation is 1. The van der Waals surface area contributed by atoms with Crippen LogP contribution in [0.15, 0.2) is 114 Å². The van der Waals surface area contributed by atoms with Crippen molar-refractivity contribution in [2.24, 2.45) is 0 Å². The molecule has 1 atom stereocenters. The summed E-state index contributed by atoms with van der Waals surface area (Å²) in [6.07, 6.45) is 0.906. The van der Waals surface area contributed by atoms with Gasteiger partial charge in [0.15, 0.2) is 0 Å². The van der Waals surface area contributed by atoms with Gasteiger partial charge in [0.25, 0.3) is 10.0 Å². The Morgan fingerprint density at radius 1 is 0.795 bits per heavy atom. The molecule has 4 rings (SSSR count). The van der Waals surface area contributed by atoms with Gasteiger partial charge in [-0.1, -0.05) is 85.8 Å². The Bertz CT molecular complexity index is 1650. The highest BCUT2D eigenvalue weighted by Gasteiger charge is 2.35. The molecule has 0 aliphatic carbocycles. The first-order valence-corrected chi connectivity index (χ1v) is 16.1. The molecule has 7 nitrogen and oxygen atoms in total. The summed E-state index contributed by atoms with van der Waals surface area (Å²) in [7, 11) is -4.20. The average Bonchev–Trinajstić information content (AvgIpc) is 3.03. The first-order valence-electron chi connectivity index (χ1n) is 14.6. The van der Waals surface area contributed by atoms with Gasteiger partial charge in [-0.25, -0.2) is 12.8 Å². The van der Waals surface area contributed by atoms with Crippen molar-refractivity contribution in [3.05, 3.63) is 132 Å². The molecule has 0 bridgehead atoms. The number of hydrogen-bond acceptors (Lipinski definition) is 4. The molecule has 0 saturated heterocycles. The number of carbonyl (C=O) groups is 2. The molecular formula is C35H38FN3O4S. The predicted molar refractivity (Wildman–Crippen MR) is 171 cm³/mol. The molecule has 0 fully saturated rings. The lowest BCUT2D eigenvalue weighted by Crippen LogP contribution is -2.54. The van der Waals surface area contributed by atoms with Crippen molar-refractivity contribution in [3.8, 4) is 0 Å². The van der Waals surface area contributed by atoms with Crippen molar-refractivity contribution in [3.63, 3.8) is 0 Å². The maximum Gasteiger partial charge on any atom is 0.264 e. The molecule has 0 saturated carbocycles. The first-order chi connectivity index (χ1) is 21.1. The van der Waals surface area contributed by atoms with Gasteiger partial charge in [0.1, 0.15) is 18.4 Å². The van der Waals surface area contributed by atoms with E-state index in [-0.39, 0.29) is 29.5 Å². The first kappa shape index (κ1) is 32.4. The van der Waals surface area contributed by atoms with Crippen molar-refractivity contribution in [1.82, 2.24) is 10.2 Å². The number of rotatable bonds is 13. The van der Waals surface area contributed by atoms with Gasteiger partial charge in [-0.3, -0.25) is 13.9 Å². The Kier molecular flexibility index (Phi) is 10.9. The largest absolute Gasteiger partial charge is 0.352 e. The van der Waals surface area contributed by atoms with Crippen LogP contribution < -0.4 is 9.62 Å². The van der Waals surface area contributed by atoms with Crippen LogP contribution in [0.2, 0.25) is 0 Å². The van der Waals surface area contributed by atoms with E-state index in [1.54, 1.807) is 48.5 Å². The van der Waals surface area contributed by atoms with Gasteiger partial charge in [-0.2, -0.15) is 0 Å². The molecule has 0 aliphatic heterocycles. The number of sulfonamides is 1. The second-order valence-corrected chi connectivity index (χ2v) is 12.7. The quantitative estimate of drug-likeness (QED) is 0.208. The van der Waals surface area contributed by atoms with Crippen LogP contribution in [0, 0.1) is 5.82 Å². The summed E-state index contributed by atoms with van der Waals surface area (Å²) in [6, 6.07) is 28.9. The minimum Gasteiger partial charge on any atom is -0.352 e. The van der Waals surface area contributed by atoms with E-state index in [1.165, 1.54) is 23.1 Å². The van der Waals surface area contributed by atoms with Crippen LogP contribution in [0.4, 0.5) is 10.1 Å². The van der Waals surface area contributed by atoms with Crippen LogP contribution in [0.25, 0.3) is 0 Å². The Hall–Kier alpha value is -4.50. The van der Waals surface area contributed by atoms with Gasteiger partial charge < -0.3 is 10.2 Å². The van der Waals surface area contributed by atoms with Gasteiger partial charge in [-0.15, -0.1) is 0 Å². The van der Waals surface area contributed by atoms with Gasteiger partial charge in [0.05, 0.1) is 10.6 Å². The van der Waals surface area contributed by atoms with E-state index < -0.39 is 40.2 Å². The number of benzene rings is 4. The van der Waals surface area contributed by atoms with E-state index in [1.807, 2.05) is 63.2 Å². The van der Waals surface area contributed by atoms with Crippen molar-refractivity contribution >= 4 is 27.5 Å². The highest BCUT2D eigenvalue weighted by molar-refractivity contribution is 7.92. The zero-order chi connectivity index (χ0) is 31.7. The van der Waals surface area contributed by atoms with Crippen LogP contribution in [0.5, 0.6) is 0 Å². The molecule has 0 aliphatic rings. The van der Waals surface area contributed by atoms with Crippen LogP contribution >= 0.6 is 0 Å². The van der Waals surface area contributed by atoms with E-state index >= 15 is 0 Å². The summed E-state index contributed by atoms with van der Waals surface area (Å²) >= 11 is 0. The van der Waals surface area contributed by atoms with Crippen molar-refractivity contribution in [2.75, 3.05) is 10.8 Å². The van der Waals surface area contributed by atoms with Crippen LogP contribution in [-0.4, -0.2) is 43.8 Å². The maximum atomic E-state index is 15.0. The normalized spacial score (nSPS) is 12.0. The Morgan fingerprint density at radius 3 is 1.98 bits per heavy atom. The molecule has 0 radical (unpaired) electrons. The van der Waals surface area contributed by atoms with Gasteiger partial charge >= 0.3 is 0 Å². The zero-order valence-electron chi connectivity index (χ0n) is 25.2. The Labute approximate surface area is 259 Å². The van der Waals surface area contributed by atoms with E-state index in [9.17, 15) is 22.4 Å². The predicted octanol–water partition coefficient (Wildman–Crippen LogP) is 5.75. The highest BCUT2D eigenvalue weighted by atomic mass is 32.2. The molecule has 0 heterocycles. The average molecular weight is 616 g/mol. The molecule has 4 aromatic rings. The fourth-order valence-corrected chi connectivity index (χ4v) is 6.33. The lowest BCUT2D eigenvalue weighted by Gasteiger charge is -2.34. The SMILES string of the molecule is CCc1ccc(N(CC(=O)N(Cc2ccccc2F)[C@@H](Cc2ccccc2)C(=O)NC(C)C)S(=O)(=O)c2ccccc2)cc1. The van der Waals surface area contributed by atoms with E-state index in [4.69, 9.17) is 0 Å². The molecule has 0 unspecified atom stereocenters.